The van der Waals surface area contributed by atoms with Gasteiger partial charge in [-0.05, 0) is 31.5 Å². The summed E-state index contributed by atoms with van der Waals surface area (Å²) in [5, 5.41) is 1.09. The number of hydrogen-bond acceptors (Lipinski definition) is 3. The maximum atomic E-state index is 14.0. The molecule has 1 aliphatic rings. The van der Waals surface area contributed by atoms with E-state index in [1.807, 2.05) is 59.8 Å². The Bertz CT molecular complexity index is 1010. The maximum Gasteiger partial charge on any atom is 0.242 e. The third-order valence-electron chi connectivity index (χ3n) is 5.17. The first kappa shape index (κ1) is 20.0. The molecule has 0 bridgehead atoms. The Labute approximate surface area is 174 Å². The minimum Gasteiger partial charge on any atom is -0.372 e. The van der Waals surface area contributed by atoms with E-state index in [1.165, 1.54) is 6.07 Å². The molecule has 0 aliphatic carbocycles. The number of fused-ring (bicyclic) bond motifs is 1. The molecule has 29 heavy (non-hydrogen) atoms. The molecule has 152 valence electrons. The Balaban J connectivity index is 1.54. The van der Waals surface area contributed by atoms with Gasteiger partial charge in [-0.1, -0.05) is 36.4 Å². The van der Waals surface area contributed by atoms with Gasteiger partial charge in [-0.2, -0.15) is 0 Å². The van der Waals surface area contributed by atoms with Crippen LogP contribution < -0.4 is 0 Å². The van der Waals surface area contributed by atoms with Gasteiger partial charge in [0.05, 0.1) is 12.2 Å². The molecule has 3 aromatic rings. The molecule has 1 aromatic heterocycles. The van der Waals surface area contributed by atoms with Gasteiger partial charge in [0.15, 0.2) is 0 Å². The van der Waals surface area contributed by atoms with Gasteiger partial charge in [0.25, 0.3) is 0 Å². The Kier molecular flexibility index (Phi) is 5.92. The third kappa shape index (κ3) is 4.49. The first-order valence-electron chi connectivity index (χ1n) is 9.88. The van der Waals surface area contributed by atoms with Crippen LogP contribution in [0, 0.1) is 5.82 Å². The summed E-state index contributed by atoms with van der Waals surface area (Å²) < 4.78 is 21.7. The molecule has 2 aromatic carbocycles. The molecule has 6 heteroatoms. The SMILES string of the molecule is C[C@@H]1CN(C(=O)Cn2cc(SCc3ccccc3F)c3ccccc32)C[C@H](C)O1. The summed E-state index contributed by atoms with van der Waals surface area (Å²) in [4.78, 5) is 15.9. The van der Waals surface area contributed by atoms with Crippen molar-refractivity contribution in [2.24, 2.45) is 0 Å². The van der Waals surface area contributed by atoms with Crippen LogP contribution in [0.5, 0.6) is 0 Å². The summed E-state index contributed by atoms with van der Waals surface area (Å²) in [7, 11) is 0. The second-order valence-electron chi connectivity index (χ2n) is 7.57. The number of carbonyl (C=O) groups excluding carboxylic acids is 1. The van der Waals surface area contributed by atoms with E-state index in [1.54, 1.807) is 17.8 Å². The molecule has 1 fully saturated rings. The number of thioether (sulfide) groups is 1. The van der Waals surface area contributed by atoms with E-state index in [4.69, 9.17) is 4.74 Å². The van der Waals surface area contributed by atoms with E-state index >= 15 is 0 Å². The molecule has 1 amide bonds. The van der Waals surface area contributed by atoms with Gasteiger partial charge in [0.2, 0.25) is 5.91 Å². The van der Waals surface area contributed by atoms with Crippen molar-refractivity contribution in [3.8, 4) is 0 Å². The lowest BCUT2D eigenvalue weighted by Crippen LogP contribution is -2.49. The number of halogens is 1. The summed E-state index contributed by atoms with van der Waals surface area (Å²) in [6, 6.07) is 14.9. The summed E-state index contributed by atoms with van der Waals surface area (Å²) >= 11 is 1.60. The monoisotopic (exact) mass is 412 g/mol. The van der Waals surface area contributed by atoms with Gasteiger partial charge in [0.1, 0.15) is 12.4 Å². The lowest BCUT2D eigenvalue weighted by molar-refractivity contribution is -0.143. The number of para-hydroxylation sites is 1. The van der Waals surface area contributed by atoms with Crippen molar-refractivity contribution in [3.05, 3.63) is 66.1 Å². The molecule has 4 nitrogen and oxygen atoms in total. The Morgan fingerprint density at radius 2 is 1.79 bits per heavy atom. The fourth-order valence-electron chi connectivity index (χ4n) is 3.86. The van der Waals surface area contributed by atoms with Crippen LogP contribution in [0.1, 0.15) is 19.4 Å². The normalized spacial score (nSPS) is 19.6. The van der Waals surface area contributed by atoms with Crippen LogP contribution >= 0.6 is 11.8 Å². The van der Waals surface area contributed by atoms with Crippen LogP contribution in [0.15, 0.2) is 59.6 Å². The van der Waals surface area contributed by atoms with Crippen molar-refractivity contribution in [2.45, 2.75) is 43.2 Å². The minimum atomic E-state index is -0.186. The van der Waals surface area contributed by atoms with Gasteiger partial charge in [0, 0.05) is 40.8 Å². The molecule has 1 saturated heterocycles. The van der Waals surface area contributed by atoms with Crippen molar-refractivity contribution in [1.82, 2.24) is 9.47 Å². The highest BCUT2D eigenvalue weighted by Gasteiger charge is 2.26. The maximum absolute atomic E-state index is 14.0. The quantitative estimate of drug-likeness (QED) is 0.569. The van der Waals surface area contributed by atoms with Gasteiger partial charge in [-0.15, -0.1) is 11.8 Å². The predicted octanol–water partition coefficient (Wildman–Crippen LogP) is 4.71. The van der Waals surface area contributed by atoms with Crippen LogP contribution in [0.2, 0.25) is 0 Å². The highest BCUT2D eigenvalue weighted by Crippen LogP contribution is 2.32. The van der Waals surface area contributed by atoms with E-state index in [2.05, 4.69) is 6.07 Å². The van der Waals surface area contributed by atoms with Crippen LogP contribution in [0.4, 0.5) is 4.39 Å². The number of rotatable bonds is 5. The van der Waals surface area contributed by atoms with Crippen molar-refractivity contribution >= 4 is 28.6 Å². The fourth-order valence-corrected chi connectivity index (χ4v) is 4.93. The molecule has 2 heterocycles. The number of ether oxygens (including phenoxy) is 1. The molecule has 0 unspecified atom stereocenters. The Morgan fingerprint density at radius 1 is 1.10 bits per heavy atom. The first-order chi connectivity index (χ1) is 14.0. The van der Waals surface area contributed by atoms with Crippen molar-refractivity contribution in [1.29, 1.82) is 0 Å². The van der Waals surface area contributed by atoms with E-state index in [0.29, 0.717) is 31.0 Å². The molecule has 0 saturated carbocycles. The number of benzene rings is 2. The van der Waals surface area contributed by atoms with Crippen molar-refractivity contribution < 1.29 is 13.9 Å². The van der Waals surface area contributed by atoms with Crippen LogP contribution in [-0.2, 0) is 21.8 Å². The lowest BCUT2D eigenvalue weighted by atomic mass is 10.2. The highest BCUT2D eigenvalue weighted by molar-refractivity contribution is 7.98. The molecule has 1 aliphatic heterocycles. The number of hydrogen-bond donors (Lipinski definition) is 0. The van der Waals surface area contributed by atoms with Crippen LogP contribution in [0.25, 0.3) is 10.9 Å². The Morgan fingerprint density at radius 3 is 2.55 bits per heavy atom. The standard InChI is InChI=1S/C23H25FN2O2S/c1-16-11-26(12-17(2)28-16)23(27)14-25-13-22(19-8-4-6-10-21(19)25)29-15-18-7-3-5-9-20(18)24/h3-10,13,16-17H,11-12,14-15H2,1-2H3/t16-,17+. The first-order valence-corrected chi connectivity index (χ1v) is 10.9. The van der Waals surface area contributed by atoms with Gasteiger partial charge < -0.3 is 14.2 Å². The second-order valence-corrected chi connectivity index (χ2v) is 8.59. The fraction of sp³-hybridized carbons (Fsp3) is 0.348. The van der Waals surface area contributed by atoms with Crippen molar-refractivity contribution in [3.63, 3.8) is 0 Å². The zero-order valence-electron chi connectivity index (χ0n) is 16.7. The summed E-state index contributed by atoms with van der Waals surface area (Å²) in [5.41, 5.74) is 1.70. The van der Waals surface area contributed by atoms with Crippen LogP contribution in [-0.4, -0.2) is 40.7 Å². The molecule has 2 atom stereocenters. The number of amides is 1. The van der Waals surface area contributed by atoms with Gasteiger partial charge in [-0.25, -0.2) is 4.39 Å². The van der Waals surface area contributed by atoms with Gasteiger partial charge in [-0.3, -0.25) is 4.79 Å². The van der Waals surface area contributed by atoms with E-state index in [0.717, 1.165) is 15.8 Å². The zero-order valence-corrected chi connectivity index (χ0v) is 17.5. The van der Waals surface area contributed by atoms with Gasteiger partial charge >= 0.3 is 0 Å². The summed E-state index contributed by atoms with van der Waals surface area (Å²) in [5.74, 6) is 0.459. The summed E-state index contributed by atoms with van der Waals surface area (Å²) in [6.07, 6.45) is 2.12. The lowest BCUT2D eigenvalue weighted by Gasteiger charge is -2.35. The average Bonchev–Trinajstić information content (AvgIpc) is 3.04. The number of nitrogens with zero attached hydrogens (tertiary/aromatic N) is 2. The van der Waals surface area contributed by atoms with E-state index in [9.17, 15) is 9.18 Å². The molecule has 0 radical (unpaired) electrons. The van der Waals surface area contributed by atoms with Crippen molar-refractivity contribution in [2.75, 3.05) is 13.1 Å². The molecular weight excluding hydrogens is 387 g/mol. The topological polar surface area (TPSA) is 34.5 Å². The molecule has 4 rings (SSSR count). The second kappa shape index (κ2) is 8.59. The van der Waals surface area contributed by atoms with E-state index in [-0.39, 0.29) is 23.9 Å². The summed E-state index contributed by atoms with van der Waals surface area (Å²) in [6.45, 7) is 5.53. The Hall–Kier alpha value is -2.31. The van der Waals surface area contributed by atoms with Crippen LogP contribution in [0.3, 0.4) is 0 Å². The number of carbonyl (C=O) groups is 1. The number of morpholine rings is 1. The smallest absolute Gasteiger partial charge is 0.242 e. The molecule has 0 spiro atoms. The minimum absolute atomic E-state index is 0.0518. The zero-order chi connectivity index (χ0) is 20.4. The third-order valence-corrected chi connectivity index (χ3v) is 6.26. The predicted molar refractivity (Wildman–Crippen MR) is 114 cm³/mol. The number of aromatic nitrogens is 1. The average molecular weight is 413 g/mol. The van der Waals surface area contributed by atoms with E-state index < -0.39 is 0 Å². The highest BCUT2D eigenvalue weighted by atomic mass is 32.2. The molecular formula is C23H25FN2O2S. The largest absolute Gasteiger partial charge is 0.372 e. The molecule has 0 N–H and O–H groups in total.